The molecule has 4 aromatic rings. The third-order valence-electron chi connectivity index (χ3n) is 6.12. The van der Waals surface area contributed by atoms with Gasteiger partial charge in [0.25, 0.3) is 5.91 Å². The first-order valence-corrected chi connectivity index (χ1v) is 10.9. The van der Waals surface area contributed by atoms with Gasteiger partial charge in [0.2, 0.25) is 0 Å². The Morgan fingerprint density at radius 1 is 0.969 bits per heavy atom. The van der Waals surface area contributed by atoms with Crippen LogP contribution >= 0.6 is 0 Å². The zero-order valence-electron chi connectivity index (χ0n) is 18.0. The maximum absolute atomic E-state index is 14.1. The summed E-state index contributed by atoms with van der Waals surface area (Å²) < 4.78 is 16.0. The molecule has 5 rings (SSSR count). The zero-order valence-corrected chi connectivity index (χ0v) is 18.0. The molecular formula is C26H25FN4O. The van der Waals surface area contributed by atoms with Gasteiger partial charge < -0.3 is 9.47 Å². The van der Waals surface area contributed by atoms with Gasteiger partial charge in [-0.25, -0.2) is 9.37 Å². The molecule has 1 amide bonds. The minimum absolute atomic E-state index is 0.0715. The van der Waals surface area contributed by atoms with Crippen LogP contribution in [0.5, 0.6) is 0 Å². The van der Waals surface area contributed by atoms with Crippen molar-refractivity contribution >= 4 is 16.8 Å². The van der Waals surface area contributed by atoms with E-state index in [0.717, 1.165) is 25.3 Å². The highest BCUT2D eigenvalue weighted by molar-refractivity contribution is 6.07. The summed E-state index contributed by atoms with van der Waals surface area (Å²) in [6.45, 7) is 3.78. The van der Waals surface area contributed by atoms with Gasteiger partial charge in [0.15, 0.2) is 0 Å². The van der Waals surface area contributed by atoms with Gasteiger partial charge in [0.1, 0.15) is 5.82 Å². The Balaban J connectivity index is 1.42. The number of aryl methyl sites for hydroxylation is 1. The summed E-state index contributed by atoms with van der Waals surface area (Å²) in [5, 5.41) is 0.555. The number of nitrogens with zero attached hydrogens (tertiary/aromatic N) is 4. The minimum atomic E-state index is -0.368. The molecule has 0 unspecified atom stereocenters. The third kappa shape index (κ3) is 4.01. The molecule has 0 N–H and O–H groups in total. The lowest BCUT2D eigenvalue weighted by molar-refractivity contribution is 0.0630. The molecule has 0 aliphatic carbocycles. The molecule has 0 bridgehead atoms. The molecule has 1 aliphatic rings. The van der Waals surface area contributed by atoms with Crippen LogP contribution in [-0.2, 0) is 13.6 Å². The molecule has 0 saturated carbocycles. The molecule has 1 fully saturated rings. The van der Waals surface area contributed by atoms with E-state index in [9.17, 15) is 9.18 Å². The molecule has 1 saturated heterocycles. The molecule has 2 aromatic heterocycles. The number of pyridine rings is 1. The van der Waals surface area contributed by atoms with E-state index in [1.54, 1.807) is 12.1 Å². The topological polar surface area (TPSA) is 41.4 Å². The van der Waals surface area contributed by atoms with Crippen LogP contribution in [0.4, 0.5) is 4.39 Å². The standard InChI is InChI=1S/C26H25FN4O/c1-29-11-5-8-25(29)24-17-22(21-16-20(27)9-10-23(21)28-24)26(32)31-14-12-30(13-15-31)18-19-6-3-2-4-7-19/h2-11,16-17H,12-15,18H2,1H3. The number of hydrogen-bond acceptors (Lipinski definition) is 3. The number of fused-ring (bicyclic) bond motifs is 1. The van der Waals surface area contributed by atoms with Crippen molar-refractivity contribution in [3.63, 3.8) is 0 Å². The maximum Gasteiger partial charge on any atom is 0.254 e. The number of piperazine rings is 1. The van der Waals surface area contributed by atoms with E-state index in [2.05, 4.69) is 17.0 Å². The monoisotopic (exact) mass is 428 g/mol. The summed E-state index contributed by atoms with van der Waals surface area (Å²) in [4.78, 5) is 22.5. The highest BCUT2D eigenvalue weighted by Crippen LogP contribution is 2.27. The summed E-state index contributed by atoms with van der Waals surface area (Å²) in [6, 6.07) is 20.5. The van der Waals surface area contributed by atoms with E-state index in [1.165, 1.54) is 17.7 Å². The van der Waals surface area contributed by atoms with Crippen LogP contribution in [-0.4, -0.2) is 51.4 Å². The molecule has 1 aliphatic heterocycles. The molecule has 0 spiro atoms. The van der Waals surface area contributed by atoms with Crippen LogP contribution in [0.2, 0.25) is 0 Å². The molecule has 32 heavy (non-hydrogen) atoms. The van der Waals surface area contributed by atoms with Crippen molar-refractivity contribution in [2.75, 3.05) is 26.2 Å². The summed E-state index contributed by atoms with van der Waals surface area (Å²) >= 11 is 0. The van der Waals surface area contributed by atoms with Crippen LogP contribution < -0.4 is 0 Å². The SMILES string of the molecule is Cn1cccc1-c1cc(C(=O)N2CCN(Cc3ccccc3)CC2)c2cc(F)ccc2n1. The van der Waals surface area contributed by atoms with Crippen LogP contribution in [0.3, 0.4) is 0 Å². The predicted octanol–water partition coefficient (Wildman–Crippen LogP) is 4.34. The smallest absolute Gasteiger partial charge is 0.254 e. The van der Waals surface area contributed by atoms with E-state index < -0.39 is 0 Å². The van der Waals surface area contributed by atoms with Gasteiger partial charge in [-0.05, 0) is 42.0 Å². The average molecular weight is 429 g/mol. The quantitative estimate of drug-likeness (QED) is 0.486. The van der Waals surface area contributed by atoms with Gasteiger partial charge in [-0.1, -0.05) is 30.3 Å². The van der Waals surface area contributed by atoms with Gasteiger partial charge in [0.05, 0.1) is 22.5 Å². The molecule has 6 heteroatoms. The van der Waals surface area contributed by atoms with E-state index >= 15 is 0 Å². The largest absolute Gasteiger partial charge is 0.349 e. The molecule has 2 aromatic carbocycles. The fraction of sp³-hybridized carbons (Fsp3) is 0.231. The fourth-order valence-corrected chi connectivity index (χ4v) is 4.35. The zero-order chi connectivity index (χ0) is 22.1. The minimum Gasteiger partial charge on any atom is -0.349 e. The van der Waals surface area contributed by atoms with Crippen molar-refractivity contribution in [1.29, 1.82) is 0 Å². The highest BCUT2D eigenvalue weighted by Gasteiger charge is 2.25. The number of benzene rings is 2. The Morgan fingerprint density at radius 2 is 1.75 bits per heavy atom. The van der Waals surface area contributed by atoms with Crippen LogP contribution in [0.1, 0.15) is 15.9 Å². The summed E-state index contributed by atoms with van der Waals surface area (Å²) in [6.07, 6.45) is 1.94. The van der Waals surface area contributed by atoms with E-state index in [4.69, 9.17) is 4.98 Å². The lowest BCUT2D eigenvalue weighted by Gasteiger charge is -2.35. The van der Waals surface area contributed by atoms with Crippen molar-refractivity contribution in [2.24, 2.45) is 7.05 Å². The summed E-state index contributed by atoms with van der Waals surface area (Å²) in [7, 11) is 1.94. The van der Waals surface area contributed by atoms with Gasteiger partial charge in [-0.2, -0.15) is 0 Å². The Hall–Kier alpha value is -3.51. The summed E-state index contributed by atoms with van der Waals surface area (Å²) in [5.41, 5.74) is 4.02. The maximum atomic E-state index is 14.1. The number of carbonyl (C=O) groups is 1. The first kappa shape index (κ1) is 20.4. The molecule has 0 radical (unpaired) electrons. The van der Waals surface area contributed by atoms with Crippen molar-refractivity contribution in [3.8, 4) is 11.4 Å². The van der Waals surface area contributed by atoms with Crippen molar-refractivity contribution < 1.29 is 9.18 Å². The normalized spacial score (nSPS) is 14.8. The Labute approximate surface area is 186 Å². The van der Waals surface area contributed by atoms with E-state index in [1.807, 2.05) is 53.0 Å². The lowest BCUT2D eigenvalue weighted by Crippen LogP contribution is -2.48. The predicted molar refractivity (Wildman–Crippen MR) is 124 cm³/mol. The van der Waals surface area contributed by atoms with Gasteiger partial charge in [-0.15, -0.1) is 0 Å². The van der Waals surface area contributed by atoms with E-state index in [-0.39, 0.29) is 11.7 Å². The third-order valence-corrected chi connectivity index (χ3v) is 6.12. The number of carbonyl (C=O) groups excluding carboxylic acids is 1. The Morgan fingerprint density at radius 3 is 2.47 bits per heavy atom. The number of rotatable bonds is 4. The molecular weight excluding hydrogens is 403 g/mol. The second-order valence-corrected chi connectivity index (χ2v) is 8.27. The van der Waals surface area contributed by atoms with Crippen molar-refractivity contribution in [1.82, 2.24) is 19.4 Å². The van der Waals surface area contributed by atoms with E-state index in [0.29, 0.717) is 35.2 Å². The summed E-state index contributed by atoms with van der Waals surface area (Å²) in [5.74, 6) is -0.439. The molecule has 5 nitrogen and oxygen atoms in total. The number of aromatic nitrogens is 2. The fourth-order valence-electron chi connectivity index (χ4n) is 4.35. The highest BCUT2D eigenvalue weighted by atomic mass is 19.1. The number of halogens is 1. The van der Waals surface area contributed by atoms with Crippen molar-refractivity contribution in [3.05, 3.63) is 89.9 Å². The van der Waals surface area contributed by atoms with Gasteiger partial charge in [-0.3, -0.25) is 9.69 Å². The second-order valence-electron chi connectivity index (χ2n) is 8.27. The van der Waals surface area contributed by atoms with Crippen LogP contribution in [0, 0.1) is 5.82 Å². The average Bonchev–Trinajstić information content (AvgIpc) is 3.25. The first-order valence-electron chi connectivity index (χ1n) is 10.9. The van der Waals surface area contributed by atoms with Crippen molar-refractivity contribution in [2.45, 2.75) is 6.54 Å². The van der Waals surface area contributed by atoms with Gasteiger partial charge >= 0.3 is 0 Å². The Kier molecular flexibility index (Phi) is 5.45. The lowest BCUT2D eigenvalue weighted by atomic mass is 10.0. The van der Waals surface area contributed by atoms with Crippen LogP contribution in [0.15, 0.2) is 72.9 Å². The second kappa shape index (κ2) is 8.55. The Bertz CT molecular complexity index is 1260. The van der Waals surface area contributed by atoms with Gasteiger partial charge in [0, 0.05) is 51.4 Å². The first-order chi connectivity index (χ1) is 15.6. The number of hydrogen-bond donors (Lipinski definition) is 0. The molecule has 3 heterocycles. The molecule has 0 atom stereocenters. The van der Waals surface area contributed by atoms with Crippen LogP contribution in [0.25, 0.3) is 22.3 Å². The molecule has 162 valence electrons. The number of amides is 1.